The van der Waals surface area contributed by atoms with Crippen molar-refractivity contribution in [2.45, 2.75) is 70.6 Å². The monoisotopic (exact) mass is 298 g/mol. The van der Waals surface area contributed by atoms with Gasteiger partial charge in [0.2, 0.25) is 0 Å². The minimum Gasteiger partial charge on any atom is -0.444 e. The molecule has 0 aromatic heterocycles. The molecule has 122 valence electrons. The minimum absolute atomic E-state index is 0.0381. The van der Waals surface area contributed by atoms with Gasteiger partial charge in [-0.1, -0.05) is 0 Å². The molecule has 0 bridgehead atoms. The van der Waals surface area contributed by atoms with E-state index in [1.54, 1.807) is 0 Å². The zero-order valence-corrected chi connectivity index (χ0v) is 13.9. The van der Waals surface area contributed by atoms with Crippen LogP contribution >= 0.6 is 0 Å². The molecule has 2 heterocycles. The van der Waals surface area contributed by atoms with E-state index >= 15 is 0 Å². The van der Waals surface area contributed by atoms with Crippen molar-refractivity contribution in [2.24, 2.45) is 0 Å². The average Bonchev–Trinajstić information content (AvgIpc) is 2.38. The Labute approximate surface area is 128 Å². The van der Waals surface area contributed by atoms with Gasteiger partial charge in [-0.3, -0.25) is 0 Å². The van der Waals surface area contributed by atoms with E-state index in [2.05, 4.69) is 5.32 Å². The van der Waals surface area contributed by atoms with E-state index in [-0.39, 0.29) is 17.7 Å². The molecule has 0 saturated carbocycles. The quantitative estimate of drug-likeness (QED) is 0.851. The van der Waals surface area contributed by atoms with Gasteiger partial charge in [0.15, 0.2) is 0 Å². The summed E-state index contributed by atoms with van der Waals surface area (Å²) in [6.45, 7) is 11.2. The topological polar surface area (TPSA) is 50.8 Å². The molecule has 5 nitrogen and oxygen atoms in total. The van der Waals surface area contributed by atoms with Crippen LogP contribution in [0.5, 0.6) is 0 Å². The zero-order chi connectivity index (χ0) is 15.5. The first-order valence-electron chi connectivity index (χ1n) is 8.19. The van der Waals surface area contributed by atoms with E-state index in [1.807, 2.05) is 32.6 Å². The smallest absolute Gasteiger partial charge is 0.410 e. The number of carbonyl (C=O) groups is 1. The lowest BCUT2D eigenvalue weighted by atomic mass is 9.82. The number of piperidine rings is 1. The molecule has 1 spiro atoms. The van der Waals surface area contributed by atoms with E-state index in [0.717, 1.165) is 45.4 Å². The maximum Gasteiger partial charge on any atom is 0.410 e. The Morgan fingerprint density at radius 1 is 1.38 bits per heavy atom. The van der Waals surface area contributed by atoms with E-state index in [9.17, 15) is 4.79 Å². The first kappa shape index (κ1) is 16.6. The van der Waals surface area contributed by atoms with Crippen molar-refractivity contribution in [2.75, 3.05) is 26.2 Å². The van der Waals surface area contributed by atoms with Crippen LogP contribution < -0.4 is 5.32 Å². The summed E-state index contributed by atoms with van der Waals surface area (Å²) in [7, 11) is 0. The van der Waals surface area contributed by atoms with Gasteiger partial charge in [-0.25, -0.2) is 4.79 Å². The van der Waals surface area contributed by atoms with Gasteiger partial charge >= 0.3 is 6.09 Å². The zero-order valence-electron chi connectivity index (χ0n) is 13.9. The summed E-state index contributed by atoms with van der Waals surface area (Å²) in [6.07, 6.45) is 3.72. The van der Waals surface area contributed by atoms with E-state index in [1.165, 1.54) is 0 Å². The fraction of sp³-hybridized carbons (Fsp3) is 0.938. The van der Waals surface area contributed by atoms with Crippen LogP contribution in [-0.2, 0) is 9.47 Å². The number of ether oxygens (including phenoxy) is 2. The minimum atomic E-state index is -0.442. The Kier molecular flexibility index (Phi) is 5.15. The third-order valence-corrected chi connectivity index (χ3v) is 4.39. The second-order valence-corrected chi connectivity index (χ2v) is 7.19. The lowest BCUT2D eigenvalue weighted by Gasteiger charge is -2.46. The number of carbonyl (C=O) groups excluding carboxylic acids is 1. The fourth-order valence-corrected chi connectivity index (χ4v) is 3.36. The molecule has 1 amide bonds. The molecule has 2 rings (SSSR count). The van der Waals surface area contributed by atoms with Gasteiger partial charge in [0.1, 0.15) is 5.60 Å². The van der Waals surface area contributed by atoms with Crippen molar-refractivity contribution in [1.82, 2.24) is 10.2 Å². The SMILES string of the molecule is CCN(C(=O)OC(C)(C)C)[C@@H]1CCOC2(CCNCC2)C1. The van der Waals surface area contributed by atoms with Gasteiger partial charge in [0, 0.05) is 19.2 Å². The third kappa shape index (κ3) is 4.33. The number of nitrogens with zero attached hydrogens (tertiary/aromatic N) is 1. The number of hydrogen-bond donors (Lipinski definition) is 1. The molecule has 2 fully saturated rings. The van der Waals surface area contributed by atoms with Crippen molar-refractivity contribution in [3.05, 3.63) is 0 Å². The second-order valence-electron chi connectivity index (χ2n) is 7.19. The van der Waals surface area contributed by atoms with Crippen molar-refractivity contribution in [3.8, 4) is 0 Å². The molecule has 0 aromatic carbocycles. The molecule has 0 radical (unpaired) electrons. The van der Waals surface area contributed by atoms with Gasteiger partial charge in [-0.15, -0.1) is 0 Å². The summed E-state index contributed by atoms with van der Waals surface area (Å²) < 4.78 is 11.6. The highest BCUT2D eigenvalue weighted by molar-refractivity contribution is 5.68. The van der Waals surface area contributed by atoms with Gasteiger partial charge < -0.3 is 19.7 Å². The molecule has 1 N–H and O–H groups in total. The molecular formula is C16H30N2O3. The normalized spacial score (nSPS) is 25.6. The van der Waals surface area contributed by atoms with Crippen molar-refractivity contribution >= 4 is 6.09 Å². The molecular weight excluding hydrogens is 268 g/mol. The van der Waals surface area contributed by atoms with Crippen LogP contribution in [0.25, 0.3) is 0 Å². The largest absolute Gasteiger partial charge is 0.444 e. The molecule has 21 heavy (non-hydrogen) atoms. The molecule has 0 aromatic rings. The lowest BCUT2D eigenvalue weighted by molar-refractivity contribution is -0.119. The summed E-state index contributed by atoms with van der Waals surface area (Å²) in [4.78, 5) is 14.3. The van der Waals surface area contributed by atoms with Crippen LogP contribution in [-0.4, -0.2) is 54.5 Å². The van der Waals surface area contributed by atoms with Crippen molar-refractivity contribution < 1.29 is 14.3 Å². The molecule has 0 aliphatic carbocycles. The molecule has 2 aliphatic rings. The van der Waals surface area contributed by atoms with Crippen LogP contribution in [0.2, 0.25) is 0 Å². The van der Waals surface area contributed by atoms with Gasteiger partial charge in [0.05, 0.1) is 5.60 Å². The summed E-state index contributed by atoms with van der Waals surface area (Å²) in [5, 5.41) is 3.38. The molecule has 1 atom stereocenters. The molecule has 5 heteroatoms. The van der Waals surface area contributed by atoms with Gasteiger partial charge in [-0.2, -0.15) is 0 Å². The predicted octanol–water partition coefficient (Wildman–Crippen LogP) is 2.54. The van der Waals surface area contributed by atoms with Gasteiger partial charge in [-0.05, 0) is 66.5 Å². The number of nitrogens with one attached hydrogen (secondary N) is 1. The van der Waals surface area contributed by atoms with Crippen LogP contribution in [0.4, 0.5) is 4.79 Å². The van der Waals surface area contributed by atoms with E-state index in [0.29, 0.717) is 6.54 Å². The van der Waals surface area contributed by atoms with Crippen molar-refractivity contribution in [3.63, 3.8) is 0 Å². The number of hydrogen-bond acceptors (Lipinski definition) is 4. The standard InChI is InChI=1S/C16H30N2O3/c1-5-18(14(19)21-15(2,3)4)13-6-11-20-16(12-13)7-9-17-10-8-16/h13,17H,5-12H2,1-4H3/t13-/m1/s1. The maximum absolute atomic E-state index is 12.4. The summed E-state index contributed by atoms with van der Waals surface area (Å²) in [5.41, 5.74) is -0.480. The highest BCUT2D eigenvalue weighted by atomic mass is 16.6. The first-order chi connectivity index (χ1) is 9.85. The Morgan fingerprint density at radius 3 is 2.62 bits per heavy atom. The number of rotatable bonds is 2. The predicted molar refractivity (Wildman–Crippen MR) is 82.4 cm³/mol. The Bertz CT molecular complexity index is 354. The Morgan fingerprint density at radius 2 is 2.05 bits per heavy atom. The first-order valence-corrected chi connectivity index (χ1v) is 8.19. The average molecular weight is 298 g/mol. The van der Waals surface area contributed by atoms with E-state index < -0.39 is 5.60 Å². The summed E-state index contributed by atoms with van der Waals surface area (Å²) in [6, 6.07) is 0.233. The van der Waals surface area contributed by atoms with Crippen LogP contribution in [0.15, 0.2) is 0 Å². The highest BCUT2D eigenvalue weighted by Gasteiger charge is 2.41. The van der Waals surface area contributed by atoms with E-state index in [4.69, 9.17) is 9.47 Å². The molecule has 2 aliphatic heterocycles. The third-order valence-electron chi connectivity index (χ3n) is 4.39. The van der Waals surface area contributed by atoms with Crippen LogP contribution in [0.3, 0.4) is 0 Å². The van der Waals surface area contributed by atoms with Crippen LogP contribution in [0, 0.1) is 0 Å². The summed E-state index contributed by atoms with van der Waals surface area (Å²) in [5.74, 6) is 0. The summed E-state index contributed by atoms with van der Waals surface area (Å²) >= 11 is 0. The van der Waals surface area contributed by atoms with Crippen LogP contribution in [0.1, 0.15) is 53.4 Å². The Hall–Kier alpha value is -0.810. The molecule has 2 saturated heterocycles. The lowest BCUT2D eigenvalue weighted by Crippen LogP contribution is -2.54. The second kappa shape index (κ2) is 6.53. The number of amides is 1. The van der Waals surface area contributed by atoms with Gasteiger partial charge in [0.25, 0.3) is 0 Å². The Balaban J connectivity index is 2.02. The van der Waals surface area contributed by atoms with Crippen molar-refractivity contribution in [1.29, 1.82) is 0 Å². The maximum atomic E-state index is 12.4. The molecule has 0 unspecified atom stereocenters. The fourth-order valence-electron chi connectivity index (χ4n) is 3.36. The highest BCUT2D eigenvalue weighted by Crippen LogP contribution is 2.35.